The zero-order chi connectivity index (χ0) is 12.5. The van der Waals surface area contributed by atoms with E-state index in [1.165, 1.54) is 32.1 Å². The molecule has 5 heteroatoms. The van der Waals surface area contributed by atoms with Crippen molar-refractivity contribution in [1.29, 1.82) is 0 Å². The van der Waals surface area contributed by atoms with Crippen LogP contribution >= 0.6 is 0 Å². The van der Waals surface area contributed by atoms with Gasteiger partial charge in [-0.15, -0.1) is 0 Å². The summed E-state index contributed by atoms with van der Waals surface area (Å²) >= 11 is 0. The summed E-state index contributed by atoms with van der Waals surface area (Å²) in [6, 6.07) is 0.564. The van der Waals surface area contributed by atoms with Gasteiger partial charge in [-0.05, 0) is 12.8 Å². The van der Waals surface area contributed by atoms with Crippen LogP contribution in [-0.4, -0.2) is 33.6 Å². The van der Waals surface area contributed by atoms with Crippen LogP contribution < -0.4 is 4.90 Å². The Morgan fingerprint density at radius 3 is 2.61 bits per heavy atom. The van der Waals surface area contributed by atoms with E-state index in [1.54, 1.807) is 6.33 Å². The SMILES string of the molecule is CN(C)c1ncnc2c1ncn2C1CCCCC1. The van der Waals surface area contributed by atoms with Gasteiger partial charge in [0.15, 0.2) is 17.0 Å². The first-order chi connectivity index (χ1) is 8.77. The van der Waals surface area contributed by atoms with Crippen molar-refractivity contribution in [3.05, 3.63) is 12.7 Å². The zero-order valence-corrected chi connectivity index (χ0v) is 11.0. The van der Waals surface area contributed by atoms with Gasteiger partial charge in [-0.3, -0.25) is 0 Å². The Morgan fingerprint density at radius 2 is 1.89 bits per heavy atom. The van der Waals surface area contributed by atoms with Crippen LogP contribution in [0.5, 0.6) is 0 Å². The first-order valence-electron chi connectivity index (χ1n) is 6.62. The fourth-order valence-corrected chi connectivity index (χ4v) is 2.79. The van der Waals surface area contributed by atoms with E-state index in [0.29, 0.717) is 6.04 Å². The molecule has 18 heavy (non-hydrogen) atoms. The molecule has 1 aliphatic carbocycles. The maximum absolute atomic E-state index is 4.51. The average Bonchev–Trinajstić information content (AvgIpc) is 2.83. The highest BCUT2D eigenvalue weighted by Crippen LogP contribution is 2.31. The monoisotopic (exact) mass is 245 g/mol. The molecule has 0 atom stereocenters. The van der Waals surface area contributed by atoms with E-state index in [1.807, 2.05) is 25.3 Å². The molecule has 1 saturated carbocycles. The van der Waals surface area contributed by atoms with Gasteiger partial charge in [0.1, 0.15) is 6.33 Å². The summed E-state index contributed by atoms with van der Waals surface area (Å²) in [7, 11) is 3.98. The van der Waals surface area contributed by atoms with Crippen molar-refractivity contribution in [1.82, 2.24) is 19.5 Å². The average molecular weight is 245 g/mol. The number of aromatic nitrogens is 4. The molecule has 0 spiro atoms. The molecule has 0 aromatic carbocycles. The summed E-state index contributed by atoms with van der Waals surface area (Å²) in [5.41, 5.74) is 1.88. The minimum Gasteiger partial charge on any atom is -0.361 e. The third kappa shape index (κ3) is 1.83. The van der Waals surface area contributed by atoms with E-state index >= 15 is 0 Å². The highest BCUT2D eigenvalue weighted by molar-refractivity contribution is 5.83. The minimum absolute atomic E-state index is 0.564. The number of anilines is 1. The molecule has 2 heterocycles. The Morgan fingerprint density at radius 1 is 1.11 bits per heavy atom. The molecule has 0 bridgehead atoms. The first-order valence-corrected chi connectivity index (χ1v) is 6.62. The number of imidazole rings is 1. The smallest absolute Gasteiger partial charge is 0.165 e. The molecule has 0 unspecified atom stereocenters. The Bertz CT molecular complexity index is 539. The lowest BCUT2D eigenvalue weighted by atomic mass is 9.95. The number of hydrogen-bond acceptors (Lipinski definition) is 4. The van der Waals surface area contributed by atoms with Gasteiger partial charge in [0.25, 0.3) is 0 Å². The third-order valence-corrected chi connectivity index (χ3v) is 3.73. The molecule has 3 rings (SSSR count). The molecule has 2 aromatic heterocycles. The molecule has 0 saturated heterocycles. The first kappa shape index (κ1) is 11.4. The molecule has 96 valence electrons. The Hall–Kier alpha value is -1.65. The van der Waals surface area contributed by atoms with Crippen LogP contribution in [0.1, 0.15) is 38.1 Å². The lowest BCUT2D eigenvalue weighted by Gasteiger charge is -2.23. The summed E-state index contributed by atoms with van der Waals surface area (Å²) in [6.45, 7) is 0. The molecular weight excluding hydrogens is 226 g/mol. The second kappa shape index (κ2) is 4.55. The van der Waals surface area contributed by atoms with Crippen molar-refractivity contribution in [2.75, 3.05) is 19.0 Å². The largest absolute Gasteiger partial charge is 0.361 e. The minimum atomic E-state index is 0.564. The van der Waals surface area contributed by atoms with Crippen molar-refractivity contribution in [2.45, 2.75) is 38.1 Å². The van der Waals surface area contributed by atoms with Crippen molar-refractivity contribution < 1.29 is 0 Å². The van der Waals surface area contributed by atoms with Gasteiger partial charge in [0.2, 0.25) is 0 Å². The molecule has 0 aliphatic heterocycles. The molecule has 0 amide bonds. The van der Waals surface area contributed by atoms with E-state index in [9.17, 15) is 0 Å². The number of rotatable bonds is 2. The van der Waals surface area contributed by atoms with Crippen LogP contribution in [0, 0.1) is 0 Å². The topological polar surface area (TPSA) is 46.8 Å². The Labute approximate surface area is 107 Å². The summed E-state index contributed by atoms with van der Waals surface area (Å²) in [5, 5.41) is 0. The quantitative estimate of drug-likeness (QED) is 0.815. The van der Waals surface area contributed by atoms with Crippen LogP contribution in [-0.2, 0) is 0 Å². The molecular formula is C13H19N5. The molecule has 1 aliphatic rings. The molecule has 2 aromatic rings. The summed E-state index contributed by atoms with van der Waals surface area (Å²) in [4.78, 5) is 15.2. The van der Waals surface area contributed by atoms with Gasteiger partial charge in [-0.1, -0.05) is 19.3 Å². The van der Waals surface area contributed by atoms with E-state index in [4.69, 9.17) is 0 Å². The lowest BCUT2D eigenvalue weighted by Crippen LogP contribution is -2.14. The van der Waals surface area contributed by atoms with Gasteiger partial charge in [-0.25, -0.2) is 15.0 Å². The Balaban J connectivity index is 2.06. The zero-order valence-electron chi connectivity index (χ0n) is 11.0. The van der Waals surface area contributed by atoms with Crippen LogP contribution in [0.25, 0.3) is 11.2 Å². The van der Waals surface area contributed by atoms with Gasteiger partial charge >= 0.3 is 0 Å². The predicted molar refractivity (Wildman–Crippen MR) is 71.8 cm³/mol. The van der Waals surface area contributed by atoms with Gasteiger partial charge in [-0.2, -0.15) is 0 Å². The number of hydrogen-bond donors (Lipinski definition) is 0. The lowest BCUT2D eigenvalue weighted by molar-refractivity contribution is 0.358. The highest BCUT2D eigenvalue weighted by Gasteiger charge is 2.19. The number of fused-ring (bicyclic) bond motifs is 1. The van der Waals surface area contributed by atoms with Gasteiger partial charge in [0, 0.05) is 20.1 Å². The summed E-state index contributed by atoms with van der Waals surface area (Å²) in [6.07, 6.45) is 10.0. The Kier molecular flexibility index (Phi) is 2.89. The van der Waals surface area contributed by atoms with Crippen molar-refractivity contribution >= 4 is 17.0 Å². The van der Waals surface area contributed by atoms with Crippen LogP contribution in [0.4, 0.5) is 5.82 Å². The molecule has 5 nitrogen and oxygen atoms in total. The maximum Gasteiger partial charge on any atom is 0.165 e. The fourth-order valence-electron chi connectivity index (χ4n) is 2.79. The van der Waals surface area contributed by atoms with Crippen molar-refractivity contribution in [2.24, 2.45) is 0 Å². The molecule has 1 fully saturated rings. The van der Waals surface area contributed by atoms with Crippen LogP contribution in [0.2, 0.25) is 0 Å². The van der Waals surface area contributed by atoms with E-state index in [2.05, 4.69) is 19.5 Å². The van der Waals surface area contributed by atoms with E-state index in [0.717, 1.165) is 17.0 Å². The fraction of sp³-hybridized carbons (Fsp3) is 0.615. The normalized spacial score (nSPS) is 17.2. The molecule has 0 radical (unpaired) electrons. The van der Waals surface area contributed by atoms with Crippen molar-refractivity contribution in [3.8, 4) is 0 Å². The third-order valence-electron chi connectivity index (χ3n) is 3.73. The predicted octanol–water partition coefficient (Wildman–Crippen LogP) is 2.40. The van der Waals surface area contributed by atoms with Crippen LogP contribution in [0.3, 0.4) is 0 Å². The van der Waals surface area contributed by atoms with Gasteiger partial charge in [0.05, 0.1) is 6.33 Å². The standard InChI is InChI=1S/C13H19N5/c1-17(2)12-11-13(15-8-14-12)18(9-16-11)10-6-4-3-5-7-10/h8-10H,3-7H2,1-2H3. The number of nitrogens with zero attached hydrogens (tertiary/aromatic N) is 5. The maximum atomic E-state index is 4.51. The summed E-state index contributed by atoms with van der Waals surface area (Å²) in [5.74, 6) is 0.898. The van der Waals surface area contributed by atoms with Gasteiger partial charge < -0.3 is 9.47 Å². The molecule has 0 N–H and O–H groups in total. The second-order valence-electron chi connectivity index (χ2n) is 5.21. The van der Waals surface area contributed by atoms with Crippen LogP contribution in [0.15, 0.2) is 12.7 Å². The summed E-state index contributed by atoms with van der Waals surface area (Å²) < 4.78 is 2.24. The van der Waals surface area contributed by atoms with E-state index in [-0.39, 0.29) is 0 Å². The van der Waals surface area contributed by atoms with E-state index < -0.39 is 0 Å². The second-order valence-corrected chi connectivity index (χ2v) is 5.21. The highest BCUT2D eigenvalue weighted by atomic mass is 15.2. The van der Waals surface area contributed by atoms with Crippen molar-refractivity contribution in [3.63, 3.8) is 0 Å².